The van der Waals surface area contributed by atoms with Crippen molar-refractivity contribution in [1.29, 1.82) is 5.26 Å². The van der Waals surface area contributed by atoms with Gasteiger partial charge in [-0.3, -0.25) is 0 Å². The fourth-order valence-electron chi connectivity index (χ4n) is 1.11. The van der Waals surface area contributed by atoms with Gasteiger partial charge in [-0.1, -0.05) is 17.7 Å². The summed E-state index contributed by atoms with van der Waals surface area (Å²) in [7, 11) is 0. The van der Waals surface area contributed by atoms with Gasteiger partial charge < -0.3 is 4.74 Å². The standard InChI is InChI=1S/C11H9ClF3NO/c1-7-2-3-9(12)4-10(7)17-6-8(5-16)11(13,14)15/h2-4,8H,6H2,1H3. The van der Waals surface area contributed by atoms with Crippen LogP contribution in [0, 0.1) is 24.2 Å². The van der Waals surface area contributed by atoms with Gasteiger partial charge >= 0.3 is 6.18 Å². The van der Waals surface area contributed by atoms with Crippen molar-refractivity contribution in [3.8, 4) is 11.8 Å². The molecule has 1 aromatic rings. The molecule has 0 heterocycles. The first-order valence-electron chi connectivity index (χ1n) is 4.70. The first-order valence-corrected chi connectivity index (χ1v) is 5.07. The summed E-state index contributed by atoms with van der Waals surface area (Å²) in [5.41, 5.74) is 0.660. The van der Waals surface area contributed by atoms with E-state index < -0.39 is 18.7 Å². The van der Waals surface area contributed by atoms with Crippen LogP contribution < -0.4 is 4.74 Å². The molecule has 0 saturated heterocycles. The topological polar surface area (TPSA) is 33.0 Å². The van der Waals surface area contributed by atoms with E-state index in [9.17, 15) is 13.2 Å². The lowest BCUT2D eigenvalue weighted by atomic mass is 10.2. The van der Waals surface area contributed by atoms with Crippen LogP contribution >= 0.6 is 11.6 Å². The number of hydrogen-bond acceptors (Lipinski definition) is 2. The number of halogens is 4. The molecule has 0 spiro atoms. The molecule has 92 valence electrons. The number of ether oxygens (including phenoxy) is 1. The average molecular weight is 264 g/mol. The van der Waals surface area contributed by atoms with Crippen molar-refractivity contribution in [1.82, 2.24) is 0 Å². The zero-order chi connectivity index (χ0) is 13.1. The molecule has 0 aliphatic carbocycles. The van der Waals surface area contributed by atoms with Crippen LogP contribution in [0.2, 0.25) is 5.02 Å². The highest BCUT2D eigenvalue weighted by molar-refractivity contribution is 6.30. The van der Waals surface area contributed by atoms with Crippen molar-refractivity contribution in [3.63, 3.8) is 0 Å². The highest BCUT2D eigenvalue weighted by Gasteiger charge is 2.40. The number of hydrogen-bond donors (Lipinski definition) is 0. The molecule has 1 rings (SSSR count). The van der Waals surface area contributed by atoms with Crippen LogP contribution in [0.5, 0.6) is 5.75 Å². The molecule has 0 aromatic heterocycles. The van der Waals surface area contributed by atoms with Gasteiger partial charge in [-0.05, 0) is 24.6 Å². The zero-order valence-corrected chi connectivity index (χ0v) is 9.64. The van der Waals surface area contributed by atoms with E-state index in [0.717, 1.165) is 6.07 Å². The first kappa shape index (κ1) is 13.7. The largest absolute Gasteiger partial charge is 0.492 e. The van der Waals surface area contributed by atoms with Crippen molar-refractivity contribution >= 4 is 11.6 Å². The maximum atomic E-state index is 12.3. The summed E-state index contributed by atoms with van der Waals surface area (Å²) in [5, 5.41) is 8.75. The lowest BCUT2D eigenvalue weighted by Crippen LogP contribution is -2.27. The third-order valence-electron chi connectivity index (χ3n) is 2.11. The number of aryl methyl sites for hydroxylation is 1. The Labute approximate surface area is 102 Å². The summed E-state index contributed by atoms with van der Waals surface area (Å²) in [6.45, 7) is 0.946. The number of benzene rings is 1. The normalized spacial score (nSPS) is 12.9. The van der Waals surface area contributed by atoms with Crippen LogP contribution in [0.15, 0.2) is 18.2 Å². The Morgan fingerprint density at radius 1 is 1.47 bits per heavy atom. The number of nitriles is 1. The third kappa shape index (κ3) is 3.82. The number of alkyl halides is 3. The van der Waals surface area contributed by atoms with Gasteiger partial charge in [0.2, 0.25) is 0 Å². The zero-order valence-electron chi connectivity index (χ0n) is 8.88. The van der Waals surface area contributed by atoms with Gasteiger partial charge in [0, 0.05) is 5.02 Å². The first-order chi connectivity index (χ1) is 7.84. The second-order valence-electron chi connectivity index (χ2n) is 3.44. The Morgan fingerprint density at radius 2 is 2.12 bits per heavy atom. The van der Waals surface area contributed by atoms with Gasteiger partial charge in [-0.25, -0.2) is 0 Å². The van der Waals surface area contributed by atoms with Gasteiger partial charge in [0.15, 0.2) is 5.92 Å². The van der Waals surface area contributed by atoms with Crippen molar-refractivity contribution in [2.24, 2.45) is 5.92 Å². The van der Waals surface area contributed by atoms with E-state index in [0.29, 0.717) is 10.6 Å². The van der Waals surface area contributed by atoms with Crippen LogP contribution in [0.1, 0.15) is 5.56 Å². The van der Waals surface area contributed by atoms with Gasteiger partial charge in [0.05, 0.1) is 6.07 Å². The smallest absolute Gasteiger partial charge is 0.407 e. The maximum absolute atomic E-state index is 12.3. The lowest BCUT2D eigenvalue weighted by molar-refractivity contribution is -0.165. The predicted octanol–water partition coefficient (Wildman–Crippen LogP) is 3.73. The number of rotatable bonds is 3. The molecule has 0 aliphatic rings. The molecule has 0 amide bonds. The molecular weight excluding hydrogens is 255 g/mol. The monoisotopic (exact) mass is 263 g/mol. The highest BCUT2D eigenvalue weighted by Crippen LogP contribution is 2.28. The predicted molar refractivity (Wildman–Crippen MR) is 56.8 cm³/mol. The molecule has 0 bridgehead atoms. The molecule has 6 heteroatoms. The second kappa shape index (κ2) is 5.28. The molecule has 1 unspecified atom stereocenters. The van der Waals surface area contributed by atoms with Crippen LogP contribution in [0.3, 0.4) is 0 Å². The van der Waals surface area contributed by atoms with Crippen molar-refractivity contribution in [3.05, 3.63) is 28.8 Å². The minimum atomic E-state index is -4.58. The van der Waals surface area contributed by atoms with Crippen molar-refractivity contribution in [2.45, 2.75) is 13.1 Å². The third-order valence-corrected chi connectivity index (χ3v) is 2.34. The minimum Gasteiger partial charge on any atom is -0.492 e. The Hall–Kier alpha value is -1.41. The molecule has 0 radical (unpaired) electrons. The van der Waals surface area contributed by atoms with Gasteiger partial charge in [-0.2, -0.15) is 18.4 Å². The number of nitrogens with zero attached hydrogens (tertiary/aromatic N) is 1. The summed E-state index contributed by atoms with van der Waals surface area (Å²) in [6, 6.07) is 5.82. The van der Waals surface area contributed by atoms with E-state index >= 15 is 0 Å². The van der Waals surface area contributed by atoms with E-state index in [-0.39, 0.29) is 5.75 Å². The lowest BCUT2D eigenvalue weighted by Gasteiger charge is -2.15. The fraction of sp³-hybridized carbons (Fsp3) is 0.364. The second-order valence-corrected chi connectivity index (χ2v) is 3.88. The van der Waals surface area contributed by atoms with Crippen molar-refractivity contribution in [2.75, 3.05) is 6.61 Å². The minimum absolute atomic E-state index is 0.252. The summed E-state index contributed by atoms with van der Waals surface area (Å²) >= 11 is 5.69. The molecule has 2 nitrogen and oxygen atoms in total. The molecule has 1 atom stereocenters. The molecule has 17 heavy (non-hydrogen) atoms. The summed E-state index contributed by atoms with van der Waals surface area (Å²) in [6.07, 6.45) is -4.58. The van der Waals surface area contributed by atoms with E-state index in [1.54, 1.807) is 19.1 Å². The van der Waals surface area contributed by atoms with Gasteiger partial charge in [0.1, 0.15) is 12.4 Å². The van der Waals surface area contributed by atoms with Crippen LogP contribution in [-0.4, -0.2) is 12.8 Å². The molecule has 0 N–H and O–H groups in total. The summed E-state index contributed by atoms with van der Waals surface area (Å²) in [5.74, 6) is -1.89. The van der Waals surface area contributed by atoms with Crippen LogP contribution in [0.4, 0.5) is 13.2 Å². The SMILES string of the molecule is Cc1ccc(Cl)cc1OCC(C#N)C(F)(F)F. The molecular formula is C11H9ClF3NO. The van der Waals surface area contributed by atoms with Gasteiger partial charge in [-0.15, -0.1) is 0 Å². The van der Waals surface area contributed by atoms with E-state index in [4.69, 9.17) is 21.6 Å². The molecule has 0 aliphatic heterocycles. The van der Waals surface area contributed by atoms with Crippen LogP contribution in [0.25, 0.3) is 0 Å². The highest BCUT2D eigenvalue weighted by atomic mass is 35.5. The Kier molecular flexibility index (Phi) is 4.24. The molecule has 0 fully saturated rings. The average Bonchev–Trinajstić information content (AvgIpc) is 2.22. The Morgan fingerprint density at radius 3 is 2.65 bits per heavy atom. The maximum Gasteiger partial charge on any atom is 0.407 e. The van der Waals surface area contributed by atoms with Crippen LogP contribution in [-0.2, 0) is 0 Å². The van der Waals surface area contributed by atoms with Gasteiger partial charge in [0.25, 0.3) is 0 Å². The van der Waals surface area contributed by atoms with E-state index in [1.165, 1.54) is 6.07 Å². The quantitative estimate of drug-likeness (QED) is 0.832. The Balaban J connectivity index is 2.73. The molecule has 1 aromatic carbocycles. The summed E-state index contributed by atoms with van der Waals surface area (Å²) < 4.78 is 41.8. The van der Waals surface area contributed by atoms with E-state index in [1.807, 2.05) is 0 Å². The van der Waals surface area contributed by atoms with E-state index in [2.05, 4.69) is 0 Å². The molecule has 0 saturated carbocycles. The fourth-order valence-corrected chi connectivity index (χ4v) is 1.27. The van der Waals surface area contributed by atoms with Crippen molar-refractivity contribution < 1.29 is 17.9 Å². The summed E-state index contributed by atoms with van der Waals surface area (Å²) in [4.78, 5) is 0. The Bertz CT molecular complexity index is 439.